The van der Waals surface area contributed by atoms with Crippen molar-refractivity contribution in [1.82, 2.24) is 5.32 Å². The van der Waals surface area contributed by atoms with Crippen molar-refractivity contribution in [1.29, 1.82) is 0 Å². The van der Waals surface area contributed by atoms with Crippen LogP contribution in [0.25, 0.3) is 0 Å². The minimum Gasteiger partial charge on any atom is -0.496 e. The highest BCUT2D eigenvalue weighted by Gasteiger charge is 2.12. The number of ether oxygens (including phenoxy) is 3. The number of nitrogens with one attached hydrogen (secondary N) is 1. The number of alkyl carbamates (subject to hydrolysis) is 1. The van der Waals surface area contributed by atoms with E-state index in [1.165, 1.54) is 25.8 Å². The molecule has 0 aliphatic rings. The SMILES string of the molecule is CCOC(=O)NC(=O)COC(=O)CSCc1cc(C(C)=O)ccc1OC. The lowest BCUT2D eigenvalue weighted by molar-refractivity contribution is -0.145. The number of amides is 2. The molecule has 142 valence electrons. The van der Waals surface area contributed by atoms with E-state index < -0.39 is 24.6 Å². The summed E-state index contributed by atoms with van der Waals surface area (Å²) in [5, 5.41) is 1.92. The minimum atomic E-state index is -0.889. The van der Waals surface area contributed by atoms with Crippen LogP contribution in [-0.2, 0) is 24.8 Å². The van der Waals surface area contributed by atoms with Crippen LogP contribution in [0.2, 0.25) is 0 Å². The third kappa shape index (κ3) is 7.56. The Bertz CT molecular complexity index is 675. The van der Waals surface area contributed by atoms with Crippen LogP contribution in [0.3, 0.4) is 0 Å². The standard InChI is InChI=1S/C17H21NO7S/c1-4-24-17(22)18-15(20)8-25-16(21)10-26-9-13-7-12(11(2)19)5-6-14(13)23-3/h5-7H,4,8-10H2,1-3H3,(H,18,20,22). The fraction of sp³-hybridized carbons (Fsp3) is 0.412. The molecule has 0 aromatic heterocycles. The highest BCUT2D eigenvalue weighted by Crippen LogP contribution is 2.24. The van der Waals surface area contributed by atoms with Gasteiger partial charge in [0.2, 0.25) is 0 Å². The third-order valence-corrected chi connectivity index (χ3v) is 4.00. The van der Waals surface area contributed by atoms with Gasteiger partial charge in [-0.05, 0) is 32.0 Å². The topological polar surface area (TPSA) is 108 Å². The molecule has 1 aromatic carbocycles. The van der Waals surface area contributed by atoms with E-state index in [1.54, 1.807) is 25.1 Å². The number of Topliss-reactive ketones (excluding diaryl/α,β-unsaturated/α-hetero) is 1. The molecule has 0 unspecified atom stereocenters. The predicted molar refractivity (Wildman–Crippen MR) is 95.3 cm³/mol. The second kappa shape index (κ2) is 11.1. The van der Waals surface area contributed by atoms with Gasteiger partial charge in [-0.1, -0.05) is 0 Å². The average Bonchev–Trinajstić information content (AvgIpc) is 2.60. The predicted octanol–water partition coefficient (Wildman–Crippen LogP) is 1.95. The van der Waals surface area contributed by atoms with Crippen LogP contribution >= 0.6 is 11.8 Å². The molecule has 26 heavy (non-hydrogen) atoms. The summed E-state index contributed by atoms with van der Waals surface area (Å²) in [6.45, 7) is 2.63. The maximum absolute atomic E-state index is 11.7. The Labute approximate surface area is 155 Å². The third-order valence-electron chi connectivity index (χ3n) is 3.05. The number of thioether (sulfide) groups is 1. The molecule has 0 spiro atoms. The molecule has 0 heterocycles. The van der Waals surface area contributed by atoms with Crippen molar-refractivity contribution in [3.8, 4) is 5.75 Å². The Morgan fingerprint density at radius 3 is 2.50 bits per heavy atom. The number of hydrogen-bond acceptors (Lipinski definition) is 8. The van der Waals surface area contributed by atoms with Crippen LogP contribution in [0.15, 0.2) is 18.2 Å². The maximum atomic E-state index is 11.7. The van der Waals surface area contributed by atoms with Crippen molar-refractivity contribution in [2.45, 2.75) is 19.6 Å². The largest absolute Gasteiger partial charge is 0.496 e. The first-order valence-corrected chi connectivity index (χ1v) is 8.90. The van der Waals surface area contributed by atoms with Crippen molar-refractivity contribution >= 4 is 35.5 Å². The number of carbonyl (C=O) groups is 4. The highest BCUT2D eigenvalue weighted by atomic mass is 32.2. The molecule has 0 radical (unpaired) electrons. The Morgan fingerprint density at radius 1 is 1.15 bits per heavy atom. The summed E-state index contributed by atoms with van der Waals surface area (Å²) in [5.74, 6) is -0.391. The molecule has 1 aromatic rings. The number of esters is 1. The Kier molecular flexibility index (Phi) is 9.21. The summed E-state index contributed by atoms with van der Waals surface area (Å²) in [6.07, 6.45) is -0.889. The molecule has 0 bridgehead atoms. The van der Waals surface area contributed by atoms with Crippen LogP contribution in [0, 0.1) is 0 Å². The molecule has 2 amide bonds. The van der Waals surface area contributed by atoms with Crippen LogP contribution in [0.1, 0.15) is 29.8 Å². The Balaban J connectivity index is 2.42. The first-order chi connectivity index (χ1) is 12.4. The van der Waals surface area contributed by atoms with Gasteiger partial charge in [0.1, 0.15) is 5.75 Å². The molecule has 9 heteroatoms. The van der Waals surface area contributed by atoms with Crippen molar-refractivity contribution in [2.24, 2.45) is 0 Å². The van der Waals surface area contributed by atoms with Gasteiger partial charge in [-0.2, -0.15) is 0 Å². The van der Waals surface area contributed by atoms with Gasteiger partial charge in [-0.3, -0.25) is 19.7 Å². The van der Waals surface area contributed by atoms with Crippen LogP contribution < -0.4 is 10.1 Å². The van der Waals surface area contributed by atoms with E-state index in [2.05, 4.69) is 4.74 Å². The number of carbonyl (C=O) groups excluding carboxylic acids is 4. The summed E-state index contributed by atoms with van der Waals surface area (Å²) < 4.78 is 14.5. The molecule has 0 saturated heterocycles. The summed E-state index contributed by atoms with van der Waals surface area (Å²) in [7, 11) is 1.52. The monoisotopic (exact) mass is 383 g/mol. The normalized spacial score (nSPS) is 9.96. The van der Waals surface area contributed by atoms with E-state index in [0.717, 1.165) is 5.56 Å². The quantitative estimate of drug-likeness (QED) is 0.509. The molecular formula is C17H21NO7S. The van der Waals surface area contributed by atoms with Gasteiger partial charge in [0.25, 0.3) is 5.91 Å². The van der Waals surface area contributed by atoms with E-state index in [9.17, 15) is 19.2 Å². The Hall–Kier alpha value is -2.55. The second-order valence-corrected chi connectivity index (χ2v) is 5.99. The molecule has 1 N–H and O–H groups in total. The number of rotatable bonds is 9. The summed E-state index contributed by atoms with van der Waals surface area (Å²) in [4.78, 5) is 45.5. The van der Waals surface area contributed by atoms with Gasteiger partial charge < -0.3 is 14.2 Å². The molecule has 0 aliphatic heterocycles. The van der Waals surface area contributed by atoms with Crippen LogP contribution in [0.4, 0.5) is 4.79 Å². The molecule has 0 fully saturated rings. The smallest absolute Gasteiger partial charge is 0.413 e. The zero-order valence-corrected chi connectivity index (χ0v) is 15.6. The van der Waals surface area contributed by atoms with Gasteiger partial charge >= 0.3 is 12.1 Å². The zero-order valence-electron chi connectivity index (χ0n) is 14.8. The summed E-state index contributed by atoms with van der Waals surface area (Å²) in [6, 6.07) is 5.09. The second-order valence-electron chi connectivity index (χ2n) is 5.00. The van der Waals surface area contributed by atoms with Crippen molar-refractivity contribution in [2.75, 3.05) is 26.1 Å². The van der Waals surface area contributed by atoms with E-state index in [1.807, 2.05) is 5.32 Å². The first-order valence-electron chi connectivity index (χ1n) is 7.75. The van der Waals surface area contributed by atoms with Crippen LogP contribution in [-0.4, -0.2) is 49.8 Å². The molecule has 1 rings (SSSR count). The molecule has 0 atom stereocenters. The highest BCUT2D eigenvalue weighted by molar-refractivity contribution is 7.99. The van der Waals surface area contributed by atoms with Crippen molar-refractivity contribution in [3.63, 3.8) is 0 Å². The zero-order chi connectivity index (χ0) is 19.5. The fourth-order valence-electron chi connectivity index (χ4n) is 1.86. The Morgan fingerprint density at radius 2 is 1.88 bits per heavy atom. The van der Waals surface area contributed by atoms with Gasteiger partial charge in [0.15, 0.2) is 12.4 Å². The lowest BCUT2D eigenvalue weighted by atomic mass is 10.1. The van der Waals surface area contributed by atoms with E-state index in [0.29, 0.717) is 17.1 Å². The summed E-state index contributed by atoms with van der Waals surface area (Å²) in [5.41, 5.74) is 1.33. The number of ketones is 1. The number of benzene rings is 1. The first kappa shape index (κ1) is 21.5. The number of methoxy groups -OCH3 is 1. The van der Waals surface area contributed by atoms with E-state index in [-0.39, 0.29) is 18.1 Å². The molecule has 8 nitrogen and oxygen atoms in total. The fourth-order valence-corrected chi connectivity index (χ4v) is 2.66. The van der Waals surface area contributed by atoms with Gasteiger partial charge in [-0.15, -0.1) is 11.8 Å². The minimum absolute atomic E-state index is 0.000139. The van der Waals surface area contributed by atoms with Gasteiger partial charge in [0.05, 0.1) is 19.5 Å². The summed E-state index contributed by atoms with van der Waals surface area (Å²) >= 11 is 1.25. The van der Waals surface area contributed by atoms with E-state index >= 15 is 0 Å². The van der Waals surface area contributed by atoms with Gasteiger partial charge in [-0.25, -0.2) is 4.79 Å². The van der Waals surface area contributed by atoms with Crippen LogP contribution in [0.5, 0.6) is 5.75 Å². The average molecular weight is 383 g/mol. The molecular weight excluding hydrogens is 362 g/mol. The number of imide groups is 1. The maximum Gasteiger partial charge on any atom is 0.413 e. The number of hydrogen-bond donors (Lipinski definition) is 1. The van der Waals surface area contributed by atoms with Crippen molar-refractivity contribution in [3.05, 3.63) is 29.3 Å². The molecule has 0 saturated carbocycles. The lowest BCUT2D eigenvalue weighted by Crippen LogP contribution is -2.34. The van der Waals surface area contributed by atoms with Crippen molar-refractivity contribution < 1.29 is 33.4 Å². The lowest BCUT2D eigenvalue weighted by Gasteiger charge is -2.10. The van der Waals surface area contributed by atoms with E-state index in [4.69, 9.17) is 9.47 Å². The van der Waals surface area contributed by atoms with Gasteiger partial charge in [0, 0.05) is 16.9 Å². The molecule has 0 aliphatic carbocycles.